The molecule has 8 aromatic rings. The lowest BCUT2D eigenvalue weighted by molar-refractivity contribution is 0.632. The number of benzene rings is 5. The number of hydrogen-bond donors (Lipinski definition) is 0. The van der Waals surface area contributed by atoms with Gasteiger partial charge in [0.25, 0.3) is 0 Å². The van der Waals surface area contributed by atoms with Gasteiger partial charge in [0.15, 0.2) is 0 Å². The predicted octanol–water partition coefficient (Wildman–Crippen LogP) is 11.1. The summed E-state index contributed by atoms with van der Waals surface area (Å²) >= 11 is 0. The normalized spacial score (nSPS) is 13.4. The Morgan fingerprint density at radius 2 is 1.11 bits per heavy atom. The van der Waals surface area contributed by atoms with Gasteiger partial charge in [-0.25, -0.2) is 0 Å². The van der Waals surface area contributed by atoms with Crippen LogP contribution in [0.25, 0.3) is 66.8 Å². The molecular formula is C43H28N2O. The largest absolute Gasteiger partial charge is 0.455 e. The average Bonchev–Trinajstić information content (AvgIpc) is 3.47. The van der Waals surface area contributed by atoms with E-state index in [1.807, 2.05) is 43.0 Å². The number of fused-ring (bicyclic) bond motifs is 7. The number of para-hydroxylation sites is 1. The SMILES string of the molecule is c1ccc(-c2ccc3c(c2)-c2c(oc4ccccc24)-c2ccccc2C3c2cc(-c3cccnc3)cc(-c3cccnc3)c2)cc1. The Bertz CT molecular complexity index is 2300. The fourth-order valence-electron chi connectivity index (χ4n) is 7.04. The first-order valence-electron chi connectivity index (χ1n) is 15.6. The summed E-state index contributed by atoms with van der Waals surface area (Å²) in [5.74, 6) is 0.867. The molecule has 1 atom stereocenters. The second-order valence-electron chi connectivity index (χ2n) is 11.8. The van der Waals surface area contributed by atoms with Crippen LogP contribution in [0.3, 0.4) is 0 Å². The molecule has 3 heterocycles. The number of furan rings is 1. The van der Waals surface area contributed by atoms with Gasteiger partial charge in [-0.1, -0.05) is 109 Å². The fourth-order valence-corrected chi connectivity index (χ4v) is 7.04. The summed E-state index contributed by atoms with van der Waals surface area (Å²) in [7, 11) is 0. The molecule has 0 bridgehead atoms. The van der Waals surface area contributed by atoms with Crippen LogP contribution in [0.1, 0.15) is 22.6 Å². The first-order chi connectivity index (χ1) is 22.8. The maximum absolute atomic E-state index is 6.75. The molecule has 1 aliphatic rings. The van der Waals surface area contributed by atoms with Crippen LogP contribution in [0.4, 0.5) is 0 Å². The third-order valence-corrected chi connectivity index (χ3v) is 9.13. The van der Waals surface area contributed by atoms with Gasteiger partial charge in [0, 0.05) is 58.3 Å². The van der Waals surface area contributed by atoms with Gasteiger partial charge in [0.2, 0.25) is 0 Å². The van der Waals surface area contributed by atoms with Gasteiger partial charge in [0.1, 0.15) is 11.3 Å². The lowest BCUT2D eigenvalue weighted by Crippen LogP contribution is -2.06. The molecule has 1 unspecified atom stereocenters. The van der Waals surface area contributed by atoms with Crippen LogP contribution in [0.5, 0.6) is 0 Å². The minimum absolute atomic E-state index is 0.0515. The molecule has 0 amide bonds. The summed E-state index contributed by atoms with van der Waals surface area (Å²) in [4.78, 5) is 8.91. The first kappa shape index (κ1) is 26.4. The summed E-state index contributed by atoms with van der Waals surface area (Å²) in [5, 5.41) is 1.12. The highest BCUT2D eigenvalue weighted by Gasteiger charge is 2.32. The van der Waals surface area contributed by atoms with Crippen LogP contribution in [-0.4, -0.2) is 9.97 Å². The maximum Gasteiger partial charge on any atom is 0.143 e. The van der Waals surface area contributed by atoms with Crippen LogP contribution in [0, 0.1) is 0 Å². The van der Waals surface area contributed by atoms with Crippen molar-refractivity contribution >= 4 is 11.0 Å². The third-order valence-electron chi connectivity index (χ3n) is 9.13. The topological polar surface area (TPSA) is 38.9 Å². The minimum Gasteiger partial charge on any atom is -0.455 e. The fraction of sp³-hybridized carbons (Fsp3) is 0.0233. The zero-order valence-electron chi connectivity index (χ0n) is 25.0. The van der Waals surface area contributed by atoms with Crippen LogP contribution < -0.4 is 0 Å². The molecule has 0 fully saturated rings. The maximum atomic E-state index is 6.75. The molecule has 0 aliphatic heterocycles. The smallest absolute Gasteiger partial charge is 0.143 e. The molecular weight excluding hydrogens is 560 g/mol. The molecule has 0 saturated carbocycles. The molecule has 3 aromatic heterocycles. The Hall–Kier alpha value is -6.06. The van der Waals surface area contributed by atoms with Crippen molar-refractivity contribution in [2.24, 2.45) is 0 Å². The van der Waals surface area contributed by atoms with Crippen molar-refractivity contribution in [3.8, 4) is 55.8 Å². The van der Waals surface area contributed by atoms with Crippen molar-refractivity contribution in [3.05, 3.63) is 181 Å². The van der Waals surface area contributed by atoms with E-state index < -0.39 is 0 Å². The molecule has 0 N–H and O–H groups in total. The Morgan fingerprint density at radius 1 is 0.457 bits per heavy atom. The highest BCUT2D eigenvalue weighted by molar-refractivity contribution is 6.05. The second kappa shape index (κ2) is 10.8. The van der Waals surface area contributed by atoms with E-state index in [1.165, 1.54) is 33.4 Å². The minimum atomic E-state index is -0.0515. The van der Waals surface area contributed by atoms with Crippen LogP contribution in [-0.2, 0) is 0 Å². The standard InChI is InChI=1S/C43H28N2O/c1-2-10-28(11-3-1)29-18-19-36-39(25-29)42-38-16-6-7-17-40(38)46-43(42)37-15-5-4-14-35(37)41(36)34-23-32(30-12-8-20-44-26-30)22-33(24-34)31-13-9-21-45-27-31/h1-27,41H. The molecule has 9 rings (SSSR count). The molecule has 46 heavy (non-hydrogen) atoms. The first-order valence-corrected chi connectivity index (χ1v) is 15.6. The lowest BCUT2D eigenvalue weighted by Gasteiger charge is -2.23. The summed E-state index contributed by atoms with van der Waals surface area (Å²) in [6.07, 6.45) is 7.52. The molecule has 3 nitrogen and oxygen atoms in total. The van der Waals surface area contributed by atoms with Crippen molar-refractivity contribution in [2.75, 3.05) is 0 Å². The van der Waals surface area contributed by atoms with Gasteiger partial charge in [-0.3, -0.25) is 9.97 Å². The summed E-state index contributed by atoms with van der Waals surface area (Å²) < 4.78 is 6.75. The van der Waals surface area contributed by atoms with Gasteiger partial charge in [-0.15, -0.1) is 0 Å². The van der Waals surface area contributed by atoms with Gasteiger partial charge in [-0.05, 0) is 74.8 Å². The molecule has 0 spiro atoms. The quantitative estimate of drug-likeness (QED) is 0.205. The van der Waals surface area contributed by atoms with E-state index in [-0.39, 0.29) is 5.92 Å². The van der Waals surface area contributed by atoms with E-state index in [0.29, 0.717) is 0 Å². The third kappa shape index (κ3) is 4.36. The highest BCUT2D eigenvalue weighted by Crippen LogP contribution is 2.52. The Labute approximate surface area is 267 Å². The Kier molecular flexibility index (Phi) is 6.20. The van der Waals surface area contributed by atoms with Crippen molar-refractivity contribution in [3.63, 3.8) is 0 Å². The Morgan fingerprint density at radius 3 is 1.85 bits per heavy atom. The van der Waals surface area contributed by atoms with Crippen LogP contribution >= 0.6 is 0 Å². The number of nitrogens with zero attached hydrogens (tertiary/aromatic N) is 2. The van der Waals surface area contributed by atoms with Crippen LogP contribution in [0.2, 0.25) is 0 Å². The van der Waals surface area contributed by atoms with E-state index >= 15 is 0 Å². The van der Waals surface area contributed by atoms with E-state index in [9.17, 15) is 0 Å². The summed E-state index contributed by atoms with van der Waals surface area (Å²) in [6.45, 7) is 0. The van der Waals surface area contributed by atoms with Gasteiger partial charge in [0.05, 0.1) is 0 Å². The predicted molar refractivity (Wildman–Crippen MR) is 186 cm³/mol. The zero-order chi connectivity index (χ0) is 30.5. The lowest BCUT2D eigenvalue weighted by atomic mass is 9.79. The van der Waals surface area contributed by atoms with Crippen molar-refractivity contribution in [1.82, 2.24) is 9.97 Å². The molecule has 216 valence electrons. The number of aromatic nitrogens is 2. The van der Waals surface area contributed by atoms with Crippen molar-refractivity contribution in [2.45, 2.75) is 5.92 Å². The number of hydrogen-bond acceptors (Lipinski definition) is 3. The average molecular weight is 589 g/mol. The van der Waals surface area contributed by atoms with Gasteiger partial charge in [-0.2, -0.15) is 0 Å². The molecule has 0 saturated heterocycles. The molecule has 3 heteroatoms. The summed E-state index contributed by atoms with van der Waals surface area (Å²) in [5.41, 5.74) is 14.8. The summed E-state index contributed by atoms with van der Waals surface area (Å²) in [6, 6.07) is 49.9. The van der Waals surface area contributed by atoms with Crippen molar-refractivity contribution < 1.29 is 4.42 Å². The van der Waals surface area contributed by atoms with Gasteiger partial charge < -0.3 is 4.42 Å². The van der Waals surface area contributed by atoms with E-state index in [1.54, 1.807) is 0 Å². The number of pyridine rings is 2. The highest BCUT2D eigenvalue weighted by atomic mass is 16.3. The molecule has 5 aromatic carbocycles. The monoisotopic (exact) mass is 588 g/mol. The van der Waals surface area contributed by atoms with Gasteiger partial charge >= 0.3 is 0 Å². The molecule has 0 radical (unpaired) electrons. The number of rotatable bonds is 4. The van der Waals surface area contributed by atoms with E-state index in [4.69, 9.17) is 4.42 Å². The Balaban J connectivity index is 1.37. The van der Waals surface area contributed by atoms with E-state index in [0.717, 1.165) is 50.1 Å². The van der Waals surface area contributed by atoms with E-state index in [2.05, 4.69) is 131 Å². The zero-order valence-corrected chi connectivity index (χ0v) is 25.0. The van der Waals surface area contributed by atoms with Crippen LogP contribution in [0.15, 0.2) is 169 Å². The van der Waals surface area contributed by atoms with Crippen molar-refractivity contribution in [1.29, 1.82) is 0 Å². The molecule has 1 aliphatic carbocycles. The second-order valence-corrected chi connectivity index (χ2v) is 11.8.